The van der Waals surface area contributed by atoms with Crippen LogP contribution in [0.3, 0.4) is 0 Å². The first kappa shape index (κ1) is 24.4. The zero-order chi connectivity index (χ0) is 23.9. The summed E-state index contributed by atoms with van der Waals surface area (Å²) >= 11 is 0. The van der Waals surface area contributed by atoms with E-state index in [4.69, 9.17) is 4.74 Å². The SMILES string of the molecule is CCCn1ccnc1CN(Cc1nccn1CCC)C[C@H]1CC[C@@H](Oc2cccc(F)c2)[C@@H]1O. The summed E-state index contributed by atoms with van der Waals surface area (Å²) in [5.74, 6) is 2.23. The normalized spacial score (nSPS) is 20.3. The van der Waals surface area contributed by atoms with Crippen molar-refractivity contribution in [2.75, 3.05) is 6.54 Å². The molecule has 3 aromatic rings. The van der Waals surface area contributed by atoms with Crippen LogP contribution in [0.5, 0.6) is 5.75 Å². The summed E-state index contributed by atoms with van der Waals surface area (Å²) in [6, 6.07) is 6.12. The third-order valence-electron chi connectivity index (χ3n) is 6.52. The van der Waals surface area contributed by atoms with Crippen LogP contribution in [0, 0.1) is 11.7 Å². The van der Waals surface area contributed by atoms with Gasteiger partial charge in [0.2, 0.25) is 0 Å². The van der Waals surface area contributed by atoms with Gasteiger partial charge < -0.3 is 19.0 Å². The molecule has 2 heterocycles. The Morgan fingerprint density at radius 3 is 2.26 bits per heavy atom. The Morgan fingerprint density at radius 2 is 1.68 bits per heavy atom. The first-order valence-corrected chi connectivity index (χ1v) is 12.4. The summed E-state index contributed by atoms with van der Waals surface area (Å²) in [4.78, 5) is 11.5. The predicted molar refractivity (Wildman–Crippen MR) is 129 cm³/mol. The van der Waals surface area contributed by atoms with Crippen molar-refractivity contribution in [2.24, 2.45) is 5.92 Å². The quantitative estimate of drug-likeness (QED) is 0.429. The third-order valence-corrected chi connectivity index (χ3v) is 6.52. The smallest absolute Gasteiger partial charge is 0.126 e. The van der Waals surface area contributed by atoms with E-state index in [1.54, 1.807) is 12.1 Å². The summed E-state index contributed by atoms with van der Waals surface area (Å²) < 4.78 is 23.9. The van der Waals surface area contributed by atoms with Crippen molar-refractivity contribution in [3.63, 3.8) is 0 Å². The van der Waals surface area contributed by atoms with Crippen LogP contribution in [0.4, 0.5) is 4.39 Å². The zero-order valence-corrected chi connectivity index (χ0v) is 20.2. The topological polar surface area (TPSA) is 68.3 Å². The van der Waals surface area contributed by atoms with Gasteiger partial charge in [-0.2, -0.15) is 0 Å². The van der Waals surface area contributed by atoms with E-state index >= 15 is 0 Å². The fourth-order valence-corrected chi connectivity index (χ4v) is 4.86. The molecule has 0 bridgehead atoms. The van der Waals surface area contributed by atoms with Crippen LogP contribution in [0.25, 0.3) is 0 Å². The average Bonchev–Trinajstić information content (AvgIpc) is 3.53. The average molecular weight is 470 g/mol. The molecule has 0 saturated heterocycles. The van der Waals surface area contributed by atoms with Crippen LogP contribution in [-0.4, -0.2) is 47.9 Å². The number of imidazole rings is 2. The summed E-state index contributed by atoms with van der Waals surface area (Å²) in [5.41, 5.74) is 0. The second kappa shape index (κ2) is 11.6. The predicted octanol–water partition coefficient (Wildman–Crippen LogP) is 4.26. The lowest BCUT2D eigenvalue weighted by atomic mass is 10.0. The van der Waals surface area contributed by atoms with Gasteiger partial charge in [-0.05, 0) is 37.8 Å². The van der Waals surface area contributed by atoms with Gasteiger partial charge in [-0.15, -0.1) is 0 Å². The van der Waals surface area contributed by atoms with E-state index in [0.29, 0.717) is 25.4 Å². The van der Waals surface area contributed by atoms with E-state index in [0.717, 1.165) is 50.4 Å². The molecule has 2 aromatic heterocycles. The van der Waals surface area contributed by atoms with Crippen molar-refractivity contribution in [3.8, 4) is 5.75 Å². The molecule has 1 aromatic carbocycles. The molecule has 1 aliphatic rings. The minimum atomic E-state index is -0.614. The van der Waals surface area contributed by atoms with Crippen molar-refractivity contribution in [2.45, 2.75) is 77.9 Å². The molecular formula is C26H36FN5O2. The van der Waals surface area contributed by atoms with E-state index in [1.165, 1.54) is 12.1 Å². The number of aliphatic hydroxyl groups excluding tert-OH is 1. The Morgan fingerprint density at radius 1 is 1.03 bits per heavy atom. The highest BCUT2D eigenvalue weighted by atomic mass is 19.1. The summed E-state index contributed by atoms with van der Waals surface area (Å²) in [7, 11) is 0. The molecule has 0 unspecified atom stereocenters. The highest BCUT2D eigenvalue weighted by Gasteiger charge is 2.37. The second-order valence-corrected chi connectivity index (χ2v) is 9.19. The molecule has 34 heavy (non-hydrogen) atoms. The Kier molecular flexibility index (Phi) is 8.34. The van der Waals surface area contributed by atoms with Gasteiger partial charge in [0, 0.05) is 56.4 Å². The van der Waals surface area contributed by atoms with Crippen molar-refractivity contribution < 1.29 is 14.2 Å². The standard InChI is InChI=1S/C26H36FN5O2/c1-3-12-31-14-10-28-24(31)18-30(19-25-29-11-15-32(25)13-4-2)17-20-8-9-23(26(20)33)34-22-7-5-6-21(27)16-22/h5-7,10-11,14-16,20,23,26,33H,3-4,8-9,12-13,17-19H2,1-2H3/t20-,23-,26-/m1/s1. The second-order valence-electron chi connectivity index (χ2n) is 9.19. The van der Waals surface area contributed by atoms with Crippen LogP contribution in [-0.2, 0) is 26.2 Å². The maximum absolute atomic E-state index is 13.6. The number of aliphatic hydroxyl groups is 1. The Labute approximate surface area is 201 Å². The molecule has 1 fully saturated rings. The Balaban J connectivity index is 1.47. The van der Waals surface area contributed by atoms with E-state index < -0.39 is 6.10 Å². The van der Waals surface area contributed by atoms with E-state index in [1.807, 2.05) is 24.8 Å². The van der Waals surface area contributed by atoms with Crippen molar-refractivity contribution >= 4 is 0 Å². The number of aryl methyl sites for hydroxylation is 2. The third kappa shape index (κ3) is 6.04. The zero-order valence-electron chi connectivity index (χ0n) is 20.2. The lowest BCUT2D eigenvalue weighted by Gasteiger charge is -2.28. The molecular weight excluding hydrogens is 433 g/mol. The van der Waals surface area contributed by atoms with Crippen LogP contribution < -0.4 is 4.74 Å². The lowest BCUT2D eigenvalue weighted by molar-refractivity contribution is 0.0221. The van der Waals surface area contributed by atoms with Crippen molar-refractivity contribution in [3.05, 3.63) is 66.5 Å². The monoisotopic (exact) mass is 469 g/mol. The molecule has 3 atom stereocenters. The number of nitrogens with zero attached hydrogens (tertiary/aromatic N) is 5. The highest BCUT2D eigenvalue weighted by Crippen LogP contribution is 2.31. The fraction of sp³-hybridized carbons (Fsp3) is 0.538. The van der Waals surface area contributed by atoms with Gasteiger partial charge in [0.1, 0.15) is 29.3 Å². The first-order valence-electron chi connectivity index (χ1n) is 12.4. The molecule has 4 rings (SSSR count). The van der Waals surface area contributed by atoms with Gasteiger partial charge >= 0.3 is 0 Å². The highest BCUT2D eigenvalue weighted by molar-refractivity contribution is 5.23. The maximum atomic E-state index is 13.6. The molecule has 8 heteroatoms. The van der Waals surface area contributed by atoms with E-state index in [-0.39, 0.29) is 17.8 Å². The number of hydrogen-bond donors (Lipinski definition) is 1. The minimum Gasteiger partial charge on any atom is -0.488 e. The number of ether oxygens (including phenoxy) is 1. The van der Waals surface area contributed by atoms with Gasteiger partial charge in [0.15, 0.2) is 0 Å². The van der Waals surface area contributed by atoms with Gasteiger partial charge in [-0.3, -0.25) is 4.90 Å². The van der Waals surface area contributed by atoms with E-state index in [2.05, 4.69) is 37.8 Å². The Bertz CT molecular complexity index is 989. The Hall–Kier alpha value is -2.71. The van der Waals surface area contributed by atoms with Crippen molar-refractivity contribution in [1.82, 2.24) is 24.0 Å². The van der Waals surface area contributed by atoms with Gasteiger partial charge in [-0.25, -0.2) is 14.4 Å². The number of rotatable bonds is 12. The summed E-state index contributed by atoms with van der Waals surface area (Å²) in [6.07, 6.45) is 10.5. The molecule has 184 valence electrons. The van der Waals surface area contributed by atoms with Crippen LogP contribution in [0.15, 0.2) is 49.1 Å². The number of aromatic nitrogens is 4. The maximum Gasteiger partial charge on any atom is 0.126 e. The van der Waals surface area contributed by atoms with Crippen molar-refractivity contribution in [1.29, 1.82) is 0 Å². The van der Waals surface area contributed by atoms with Gasteiger partial charge in [0.25, 0.3) is 0 Å². The molecule has 0 spiro atoms. The molecule has 7 nitrogen and oxygen atoms in total. The largest absolute Gasteiger partial charge is 0.488 e. The number of hydrogen-bond acceptors (Lipinski definition) is 5. The fourth-order valence-electron chi connectivity index (χ4n) is 4.86. The minimum absolute atomic E-state index is 0.0581. The van der Waals surface area contributed by atoms with E-state index in [9.17, 15) is 9.50 Å². The molecule has 0 amide bonds. The molecule has 1 N–H and O–H groups in total. The number of halogens is 1. The van der Waals surface area contributed by atoms with Gasteiger partial charge in [0.05, 0.1) is 19.2 Å². The summed E-state index contributed by atoms with van der Waals surface area (Å²) in [5, 5.41) is 11.1. The molecule has 1 aliphatic carbocycles. The number of benzene rings is 1. The summed E-state index contributed by atoms with van der Waals surface area (Å²) in [6.45, 7) is 8.28. The molecule has 1 saturated carbocycles. The van der Waals surface area contributed by atoms with Gasteiger partial charge in [-0.1, -0.05) is 19.9 Å². The van der Waals surface area contributed by atoms with Crippen LogP contribution in [0.2, 0.25) is 0 Å². The van der Waals surface area contributed by atoms with Crippen LogP contribution >= 0.6 is 0 Å². The van der Waals surface area contributed by atoms with Crippen LogP contribution in [0.1, 0.15) is 51.2 Å². The first-order chi connectivity index (χ1) is 16.6. The molecule has 0 radical (unpaired) electrons. The lowest BCUT2D eigenvalue weighted by Crippen LogP contribution is -2.37. The molecule has 0 aliphatic heterocycles.